The van der Waals surface area contributed by atoms with Crippen molar-refractivity contribution in [3.63, 3.8) is 0 Å². The molecule has 1 aromatic rings. The van der Waals surface area contributed by atoms with Crippen molar-refractivity contribution in [2.24, 2.45) is 11.8 Å². The van der Waals surface area contributed by atoms with E-state index in [1.165, 1.54) is 11.3 Å². The largest absolute Gasteiger partial charge is 0.299 e. The van der Waals surface area contributed by atoms with Crippen molar-refractivity contribution in [2.75, 3.05) is 13.6 Å². The third-order valence-corrected chi connectivity index (χ3v) is 5.62. The molecule has 0 aliphatic heterocycles. The SMILES string of the molecule is CCC1CCC(=O)C(CN(C)C(C)c2cccs2)C1. The molecule has 3 heteroatoms. The highest BCUT2D eigenvalue weighted by molar-refractivity contribution is 7.10. The first-order valence-corrected chi connectivity index (χ1v) is 8.26. The van der Waals surface area contributed by atoms with E-state index in [1.807, 2.05) is 0 Å². The molecule has 0 amide bonds. The lowest BCUT2D eigenvalue weighted by molar-refractivity contribution is -0.126. The van der Waals surface area contributed by atoms with Gasteiger partial charge in [-0.3, -0.25) is 9.69 Å². The van der Waals surface area contributed by atoms with Crippen molar-refractivity contribution in [3.05, 3.63) is 22.4 Å². The van der Waals surface area contributed by atoms with Crippen LogP contribution in [0.3, 0.4) is 0 Å². The highest BCUT2D eigenvalue weighted by Gasteiger charge is 2.29. The Balaban J connectivity index is 1.93. The normalized spacial score (nSPS) is 25.8. The van der Waals surface area contributed by atoms with Crippen LogP contribution >= 0.6 is 11.3 Å². The molecule has 0 radical (unpaired) electrons. The van der Waals surface area contributed by atoms with Crippen LogP contribution < -0.4 is 0 Å². The molecular formula is C16H25NOS. The standard InChI is InChI=1S/C16H25NOS/c1-4-13-7-8-15(18)14(10-13)11-17(3)12(2)16-6-5-9-19-16/h5-6,9,12-14H,4,7-8,10-11H2,1-3H3. The summed E-state index contributed by atoms with van der Waals surface area (Å²) in [6, 6.07) is 4.70. The Labute approximate surface area is 120 Å². The summed E-state index contributed by atoms with van der Waals surface area (Å²) in [7, 11) is 2.15. The van der Waals surface area contributed by atoms with Crippen LogP contribution in [0.25, 0.3) is 0 Å². The molecule has 3 unspecified atom stereocenters. The lowest BCUT2D eigenvalue weighted by Gasteiger charge is -2.32. The topological polar surface area (TPSA) is 20.3 Å². The number of ketones is 1. The molecule has 3 atom stereocenters. The lowest BCUT2D eigenvalue weighted by atomic mass is 9.79. The Bertz CT molecular complexity index is 401. The van der Waals surface area contributed by atoms with Crippen LogP contribution in [0.1, 0.15) is 50.4 Å². The van der Waals surface area contributed by atoms with Crippen LogP contribution in [0.15, 0.2) is 17.5 Å². The van der Waals surface area contributed by atoms with E-state index in [1.54, 1.807) is 11.3 Å². The molecule has 0 saturated heterocycles. The Morgan fingerprint density at radius 1 is 1.53 bits per heavy atom. The highest BCUT2D eigenvalue weighted by Crippen LogP contribution is 2.31. The van der Waals surface area contributed by atoms with Crippen molar-refractivity contribution in [3.8, 4) is 0 Å². The monoisotopic (exact) mass is 279 g/mol. The van der Waals surface area contributed by atoms with E-state index in [0.29, 0.717) is 11.8 Å². The van der Waals surface area contributed by atoms with Gasteiger partial charge < -0.3 is 0 Å². The average Bonchev–Trinajstić information content (AvgIpc) is 2.94. The second-order valence-electron chi connectivity index (χ2n) is 5.84. The van der Waals surface area contributed by atoms with Gasteiger partial charge in [-0.25, -0.2) is 0 Å². The first kappa shape index (κ1) is 14.7. The molecule has 0 bridgehead atoms. The summed E-state index contributed by atoms with van der Waals surface area (Å²) in [6.45, 7) is 5.39. The number of Topliss-reactive ketones (excluding diaryl/α,β-unsaturated/α-hetero) is 1. The van der Waals surface area contributed by atoms with E-state index >= 15 is 0 Å². The maximum Gasteiger partial charge on any atom is 0.137 e. The molecule has 1 aromatic heterocycles. The fourth-order valence-electron chi connectivity index (χ4n) is 3.00. The van der Waals surface area contributed by atoms with Crippen LogP contribution in [0.5, 0.6) is 0 Å². The van der Waals surface area contributed by atoms with Crippen LogP contribution in [0.4, 0.5) is 0 Å². The van der Waals surface area contributed by atoms with E-state index in [-0.39, 0.29) is 5.92 Å². The Hall–Kier alpha value is -0.670. The zero-order valence-electron chi connectivity index (χ0n) is 12.3. The van der Waals surface area contributed by atoms with Crippen LogP contribution in [0.2, 0.25) is 0 Å². The minimum Gasteiger partial charge on any atom is -0.299 e. The van der Waals surface area contributed by atoms with Gasteiger partial charge in [-0.2, -0.15) is 0 Å². The predicted molar refractivity (Wildman–Crippen MR) is 81.5 cm³/mol. The first-order chi connectivity index (χ1) is 9.11. The van der Waals surface area contributed by atoms with Gasteiger partial charge in [0.25, 0.3) is 0 Å². The number of thiophene rings is 1. The van der Waals surface area contributed by atoms with Crippen LogP contribution in [0, 0.1) is 11.8 Å². The molecule has 1 aliphatic carbocycles. The summed E-state index contributed by atoms with van der Waals surface area (Å²) in [4.78, 5) is 15.8. The second-order valence-corrected chi connectivity index (χ2v) is 6.82. The number of hydrogen-bond acceptors (Lipinski definition) is 3. The molecule has 1 heterocycles. The molecule has 0 aromatic carbocycles. The maximum absolute atomic E-state index is 12.1. The number of hydrogen-bond donors (Lipinski definition) is 0. The zero-order valence-corrected chi connectivity index (χ0v) is 13.1. The van der Waals surface area contributed by atoms with Gasteiger partial charge >= 0.3 is 0 Å². The lowest BCUT2D eigenvalue weighted by Crippen LogP contribution is -2.35. The molecule has 19 heavy (non-hydrogen) atoms. The van der Waals surface area contributed by atoms with Gasteiger partial charge in [0, 0.05) is 29.8 Å². The molecule has 0 spiro atoms. The number of carbonyl (C=O) groups excluding carboxylic acids is 1. The van der Waals surface area contributed by atoms with Gasteiger partial charge in [-0.05, 0) is 44.2 Å². The van der Waals surface area contributed by atoms with Crippen molar-refractivity contribution in [2.45, 2.75) is 45.6 Å². The molecule has 1 aliphatic rings. The molecule has 106 valence electrons. The molecule has 2 nitrogen and oxygen atoms in total. The summed E-state index contributed by atoms with van der Waals surface area (Å²) in [5.41, 5.74) is 0. The fourth-order valence-corrected chi connectivity index (χ4v) is 3.85. The summed E-state index contributed by atoms with van der Waals surface area (Å²) < 4.78 is 0. The summed E-state index contributed by atoms with van der Waals surface area (Å²) in [5, 5.41) is 2.12. The van der Waals surface area contributed by atoms with E-state index in [4.69, 9.17) is 0 Å². The smallest absolute Gasteiger partial charge is 0.137 e. The summed E-state index contributed by atoms with van der Waals surface area (Å²) >= 11 is 1.80. The minimum absolute atomic E-state index is 0.256. The Morgan fingerprint density at radius 2 is 2.32 bits per heavy atom. The van der Waals surface area contributed by atoms with E-state index in [2.05, 4.69) is 43.3 Å². The van der Waals surface area contributed by atoms with Gasteiger partial charge in [-0.1, -0.05) is 19.4 Å². The van der Waals surface area contributed by atoms with Gasteiger partial charge in [0.05, 0.1) is 0 Å². The molecule has 2 rings (SSSR count). The quantitative estimate of drug-likeness (QED) is 0.807. The number of rotatable bonds is 5. The van der Waals surface area contributed by atoms with Crippen molar-refractivity contribution >= 4 is 17.1 Å². The zero-order chi connectivity index (χ0) is 13.8. The molecule has 1 fully saturated rings. The fraction of sp³-hybridized carbons (Fsp3) is 0.688. The molecule has 1 saturated carbocycles. The first-order valence-electron chi connectivity index (χ1n) is 7.38. The Morgan fingerprint density at radius 3 is 2.95 bits per heavy atom. The maximum atomic E-state index is 12.1. The Kier molecular flexibility index (Phi) is 5.17. The number of carbonyl (C=O) groups is 1. The van der Waals surface area contributed by atoms with Gasteiger partial charge in [0.2, 0.25) is 0 Å². The van der Waals surface area contributed by atoms with Crippen LogP contribution in [-0.2, 0) is 4.79 Å². The van der Waals surface area contributed by atoms with Gasteiger partial charge in [0.1, 0.15) is 5.78 Å². The summed E-state index contributed by atoms with van der Waals surface area (Å²) in [5.74, 6) is 1.49. The molecule has 0 N–H and O–H groups in total. The van der Waals surface area contributed by atoms with E-state index in [0.717, 1.165) is 31.7 Å². The van der Waals surface area contributed by atoms with Crippen LogP contribution in [-0.4, -0.2) is 24.3 Å². The van der Waals surface area contributed by atoms with E-state index < -0.39 is 0 Å². The predicted octanol–water partition coefficient (Wildman–Crippen LogP) is 4.14. The number of nitrogens with zero attached hydrogens (tertiary/aromatic N) is 1. The van der Waals surface area contributed by atoms with E-state index in [9.17, 15) is 4.79 Å². The van der Waals surface area contributed by atoms with Crippen molar-refractivity contribution in [1.82, 2.24) is 4.90 Å². The summed E-state index contributed by atoms with van der Waals surface area (Å²) in [6.07, 6.45) is 4.21. The van der Waals surface area contributed by atoms with Crippen molar-refractivity contribution in [1.29, 1.82) is 0 Å². The minimum atomic E-state index is 0.256. The van der Waals surface area contributed by atoms with Crippen molar-refractivity contribution < 1.29 is 4.79 Å². The third-order valence-electron chi connectivity index (χ3n) is 4.57. The molecular weight excluding hydrogens is 254 g/mol. The second kappa shape index (κ2) is 6.67. The van der Waals surface area contributed by atoms with Gasteiger partial charge in [0.15, 0.2) is 0 Å². The third kappa shape index (κ3) is 3.67. The highest BCUT2D eigenvalue weighted by atomic mass is 32.1. The average molecular weight is 279 g/mol. The van der Waals surface area contributed by atoms with Gasteiger partial charge in [-0.15, -0.1) is 11.3 Å².